The maximum atomic E-state index is 13.1. The zero-order chi connectivity index (χ0) is 22.2. The average Bonchev–Trinajstić information content (AvgIpc) is 3.10. The van der Waals surface area contributed by atoms with Crippen LogP contribution in [0, 0.1) is 6.92 Å². The first-order valence-corrected chi connectivity index (χ1v) is 11.9. The number of carbonyl (C=O) groups is 1. The first-order chi connectivity index (χ1) is 14.8. The number of nitrogens with one attached hydrogen (secondary N) is 1. The normalized spacial score (nSPS) is 15.6. The maximum Gasteiger partial charge on any atom is 0.261 e. The summed E-state index contributed by atoms with van der Waals surface area (Å²) < 4.78 is 29.1. The van der Waals surface area contributed by atoms with Gasteiger partial charge in [0, 0.05) is 17.3 Å². The molecule has 5 nitrogen and oxygen atoms in total. The Hall–Kier alpha value is -3.12. The monoisotopic (exact) mass is 434 g/mol. The molecular weight excluding hydrogens is 408 g/mol. The number of amides is 1. The molecule has 0 aromatic heterocycles. The lowest BCUT2D eigenvalue weighted by atomic mass is 10.1. The molecule has 1 heterocycles. The Balaban J connectivity index is 1.66. The number of hydrogen-bond donors (Lipinski definition) is 1. The smallest absolute Gasteiger partial charge is 0.261 e. The van der Waals surface area contributed by atoms with E-state index in [1.165, 1.54) is 0 Å². The quantitative estimate of drug-likeness (QED) is 0.618. The minimum absolute atomic E-state index is 0.0447. The predicted molar refractivity (Wildman–Crippen MR) is 124 cm³/mol. The van der Waals surface area contributed by atoms with Crippen LogP contribution in [-0.2, 0) is 22.9 Å². The van der Waals surface area contributed by atoms with Gasteiger partial charge < -0.3 is 4.90 Å². The van der Waals surface area contributed by atoms with Gasteiger partial charge in [-0.2, -0.15) is 0 Å². The van der Waals surface area contributed by atoms with Crippen molar-refractivity contribution in [2.24, 2.45) is 0 Å². The third-order valence-electron chi connectivity index (χ3n) is 5.79. The molecule has 1 aliphatic heterocycles. The van der Waals surface area contributed by atoms with Crippen LogP contribution in [0.5, 0.6) is 0 Å². The standard InChI is InChI=1S/C25H26N2O3S/c1-4-19-12-8-9-17(2)24(19)26-31(29,30)22-13-14-23-21(16-22)15-18(3)27(23)25(28)20-10-6-5-7-11-20/h5-14,16,18,26H,4,15H2,1-3H3. The molecule has 1 unspecified atom stereocenters. The lowest BCUT2D eigenvalue weighted by Gasteiger charge is -2.23. The van der Waals surface area contributed by atoms with Gasteiger partial charge in [-0.15, -0.1) is 0 Å². The van der Waals surface area contributed by atoms with Crippen LogP contribution in [-0.4, -0.2) is 20.4 Å². The number of fused-ring (bicyclic) bond motifs is 1. The van der Waals surface area contributed by atoms with E-state index in [-0.39, 0.29) is 16.8 Å². The van der Waals surface area contributed by atoms with E-state index in [1.54, 1.807) is 35.2 Å². The summed E-state index contributed by atoms with van der Waals surface area (Å²) in [6.07, 6.45) is 1.35. The molecule has 160 valence electrons. The SMILES string of the molecule is CCc1cccc(C)c1NS(=O)(=O)c1ccc2c(c1)CC(C)N2C(=O)c1ccccc1. The number of anilines is 2. The molecule has 31 heavy (non-hydrogen) atoms. The molecule has 0 bridgehead atoms. The number of para-hydroxylation sites is 1. The van der Waals surface area contributed by atoms with Crippen LogP contribution in [0.2, 0.25) is 0 Å². The number of aryl methyl sites for hydroxylation is 2. The number of carbonyl (C=O) groups excluding carboxylic acids is 1. The van der Waals surface area contributed by atoms with Gasteiger partial charge in [-0.05, 0) is 73.7 Å². The van der Waals surface area contributed by atoms with Gasteiger partial charge in [0.1, 0.15) is 0 Å². The van der Waals surface area contributed by atoms with Gasteiger partial charge in [0.2, 0.25) is 0 Å². The second-order valence-electron chi connectivity index (χ2n) is 7.95. The van der Waals surface area contributed by atoms with Gasteiger partial charge in [0.05, 0.1) is 10.6 Å². The highest BCUT2D eigenvalue weighted by Gasteiger charge is 2.32. The van der Waals surface area contributed by atoms with E-state index in [9.17, 15) is 13.2 Å². The average molecular weight is 435 g/mol. The van der Waals surface area contributed by atoms with E-state index in [0.29, 0.717) is 17.7 Å². The topological polar surface area (TPSA) is 66.5 Å². The van der Waals surface area contributed by atoms with Crippen LogP contribution < -0.4 is 9.62 Å². The third-order valence-corrected chi connectivity index (χ3v) is 7.14. The molecule has 1 atom stereocenters. The molecule has 0 fully saturated rings. The van der Waals surface area contributed by atoms with Crippen molar-refractivity contribution in [3.63, 3.8) is 0 Å². The van der Waals surface area contributed by atoms with Gasteiger partial charge >= 0.3 is 0 Å². The fourth-order valence-corrected chi connectivity index (χ4v) is 5.39. The Morgan fingerprint density at radius 3 is 2.52 bits per heavy atom. The number of hydrogen-bond acceptors (Lipinski definition) is 3. The van der Waals surface area contributed by atoms with Gasteiger partial charge in [0.25, 0.3) is 15.9 Å². The first-order valence-electron chi connectivity index (χ1n) is 10.4. The minimum atomic E-state index is -3.75. The van der Waals surface area contributed by atoms with Crippen molar-refractivity contribution in [2.45, 2.75) is 44.6 Å². The molecule has 1 amide bonds. The third kappa shape index (κ3) is 3.95. The summed E-state index contributed by atoms with van der Waals surface area (Å²) in [7, 11) is -3.75. The van der Waals surface area contributed by atoms with Crippen LogP contribution in [0.25, 0.3) is 0 Å². The van der Waals surface area contributed by atoms with Crippen LogP contribution in [0.15, 0.2) is 71.6 Å². The van der Waals surface area contributed by atoms with Gasteiger partial charge in [-0.1, -0.05) is 43.3 Å². The lowest BCUT2D eigenvalue weighted by molar-refractivity contribution is 0.0981. The van der Waals surface area contributed by atoms with Crippen molar-refractivity contribution in [2.75, 3.05) is 9.62 Å². The van der Waals surface area contributed by atoms with Crippen molar-refractivity contribution in [3.8, 4) is 0 Å². The van der Waals surface area contributed by atoms with Crippen LogP contribution in [0.1, 0.15) is 40.9 Å². The highest BCUT2D eigenvalue weighted by Crippen LogP contribution is 2.35. The first kappa shape index (κ1) is 21.1. The van der Waals surface area contributed by atoms with E-state index < -0.39 is 10.0 Å². The summed E-state index contributed by atoms with van der Waals surface area (Å²) in [5.74, 6) is -0.0759. The van der Waals surface area contributed by atoms with Gasteiger partial charge in [-0.25, -0.2) is 8.42 Å². The summed E-state index contributed by atoms with van der Waals surface area (Å²) >= 11 is 0. The van der Waals surface area contributed by atoms with Crippen molar-refractivity contribution < 1.29 is 13.2 Å². The van der Waals surface area contributed by atoms with Crippen LogP contribution in [0.4, 0.5) is 11.4 Å². The Labute approximate surface area is 183 Å². The molecule has 0 saturated carbocycles. The zero-order valence-corrected chi connectivity index (χ0v) is 18.7. The molecule has 0 spiro atoms. The summed E-state index contributed by atoms with van der Waals surface area (Å²) in [5.41, 5.74) is 4.73. The highest BCUT2D eigenvalue weighted by atomic mass is 32.2. The molecule has 3 aromatic rings. The van der Waals surface area contributed by atoms with E-state index in [2.05, 4.69) is 4.72 Å². The largest absolute Gasteiger partial charge is 0.305 e. The molecule has 4 rings (SSSR count). The van der Waals surface area contributed by atoms with Crippen LogP contribution >= 0.6 is 0 Å². The number of benzene rings is 3. The number of rotatable bonds is 5. The molecule has 0 saturated heterocycles. The summed E-state index contributed by atoms with van der Waals surface area (Å²) in [5, 5.41) is 0. The highest BCUT2D eigenvalue weighted by molar-refractivity contribution is 7.92. The Morgan fingerprint density at radius 1 is 1.06 bits per heavy atom. The minimum Gasteiger partial charge on any atom is -0.305 e. The van der Waals surface area contributed by atoms with Gasteiger partial charge in [0.15, 0.2) is 0 Å². The summed E-state index contributed by atoms with van der Waals surface area (Å²) in [6, 6.07) is 19.9. The van der Waals surface area contributed by atoms with E-state index in [0.717, 1.165) is 28.8 Å². The summed E-state index contributed by atoms with van der Waals surface area (Å²) in [6.45, 7) is 5.88. The molecule has 3 aromatic carbocycles. The van der Waals surface area contributed by atoms with Gasteiger partial charge in [-0.3, -0.25) is 9.52 Å². The molecule has 1 aliphatic rings. The van der Waals surface area contributed by atoms with E-state index in [1.807, 2.05) is 57.2 Å². The fraction of sp³-hybridized carbons (Fsp3) is 0.240. The molecule has 0 aliphatic carbocycles. The maximum absolute atomic E-state index is 13.1. The predicted octanol–water partition coefficient (Wildman–Crippen LogP) is 4.95. The lowest BCUT2D eigenvalue weighted by Crippen LogP contribution is -2.35. The second-order valence-corrected chi connectivity index (χ2v) is 9.64. The second kappa shape index (κ2) is 8.19. The van der Waals surface area contributed by atoms with Crippen molar-refractivity contribution >= 4 is 27.3 Å². The Morgan fingerprint density at radius 2 is 1.81 bits per heavy atom. The van der Waals surface area contributed by atoms with E-state index in [4.69, 9.17) is 0 Å². The number of sulfonamides is 1. The molecule has 6 heteroatoms. The number of nitrogens with zero attached hydrogens (tertiary/aromatic N) is 1. The Bertz CT molecular complexity index is 1240. The Kier molecular flexibility index (Phi) is 5.58. The molecule has 1 N–H and O–H groups in total. The zero-order valence-electron chi connectivity index (χ0n) is 17.9. The summed E-state index contributed by atoms with van der Waals surface area (Å²) in [4.78, 5) is 15.0. The van der Waals surface area contributed by atoms with Crippen molar-refractivity contribution in [1.29, 1.82) is 0 Å². The van der Waals surface area contributed by atoms with E-state index >= 15 is 0 Å². The van der Waals surface area contributed by atoms with Crippen molar-refractivity contribution in [1.82, 2.24) is 0 Å². The van der Waals surface area contributed by atoms with Crippen molar-refractivity contribution in [3.05, 3.63) is 89.0 Å². The fourth-order valence-electron chi connectivity index (χ4n) is 4.17. The molecule has 0 radical (unpaired) electrons. The van der Waals surface area contributed by atoms with Crippen LogP contribution in [0.3, 0.4) is 0 Å². The molecular formula is C25H26N2O3S.